The molecule has 0 spiro atoms. The minimum absolute atomic E-state index is 0. The van der Waals surface area contributed by atoms with Crippen molar-refractivity contribution in [3.8, 4) is 11.5 Å². The van der Waals surface area contributed by atoms with Crippen molar-refractivity contribution in [2.45, 2.75) is 19.5 Å². The fourth-order valence-electron chi connectivity index (χ4n) is 3.09. The molecule has 1 heterocycles. The molecule has 172 valence electrons. The van der Waals surface area contributed by atoms with Crippen LogP contribution in [0.2, 0.25) is 0 Å². The van der Waals surface area contributed by atoms with Crippen LogP contribution < -0.4 is 31.2 Å². The Bertz CT molecular complexity index is 980. The average molecular weight is 526 g/mol. The number of alkyl halides is 1. The Balaban J connectivity index is 0.00000363. The summed E-state index contributed by atoms with van der Waals surface area (Å²) in [4.78, 5) is 21.5. The van der Waals surface area contributed by atoms with Crippen LogP contribution >= 0.6 is 28.3 Å². The number of aliphatic imine (C=N–C) groups is 2. The summed E-state index contributed by atoms with van der Waals surface area (Å²) in [5.74, 6) is 1.74. The maximum Gasteiger partial charge on any atom is 0.235 e. The number of amides is 1. The molecule has 11 heteroatoms. The number of halogens is 2. The van der Waals surface area contributed by atoms with Gasteiger partial charge >= 0.3 is 0 Å². The number of anilines is 2. The lowest BCUT2D eigenvalue weighted by Gasteiger charge is -2.38. The second-order valence-corrected chi connectivity index (χ2v) is 7.73. The molecule has 0 aromatic heterocycles. The molecule has 0 fully saturated rings. The van der Waals surface area contributed by atoms with Crippen LogP contribution in [0.5, 0.6) is 11.5 Å². The van der Waals surface area contributed by atoms with Crippen molar-refractivity contribution < 1.29 is 14.3 Å². The van der Waals surface area contributed by atoms with Gasteiger partial charge < -0.3 is 26.3 Å². The Morgan fingerprint density at radius 2 is 1.56 bits per heavy atom. The number of hydrogen-bond donors (Lipinski definition) is 3. The largest absolute Gasteiger partial charge is 0.490 e. The zero-order valence-electron chi connectivity index (χ0n) is 17.7. The third-order valence-corrected chi connectivity index (χ3v) is 4.88. The lowest BCUT2D eigenvalue weighted by Crippen LogP contribution is -2.54. The van der Waals surface area contributed by atoms with Crippen molar-refractivity contribution in [1.82, 2.24) is 0 Å². The summed E-state index contributed by atoms with van der Waals surface area (Å²) < 4.78 is 11.4. The number of ether oxygens (including phenoxy) is 2. The number of rotatable bonds is 8. The predicted octanol–water partition coefficient (Wildman–Crippen LogP) is 3.09. The Hall–Kier alpha value is -2.98. The van der Waals surface area contributed by atoms with Crippen molar-refractivity contribution in [2.24, 2.45) is 21.5 Å². The van der Waals surface area contributed by atoms with Crippen LogP contribution in [0.15, 0.2) is 58.5 Å². The molecule has 3 rings (SSSR count). The molecular weight excluding hydrogens is 500 g/mol. The number of nitrogens with zero attached hydrogens (tertiary/aromatic N) is 3. The number of hydrogen-bond acceptors (Lipinski definition) is 8. The second-order valence-electron chi connectivity index (χ2n) is 7.17. The smallest absolute Gasteiger partial charge is 0.235 e. The van der Waals surface area contributed by atoms with E-state index in [-0.39, 0.29) is 35.6 Å². The van der Waals surface area contributed by atoms with Gasteiger partial charge in [0.15, 0.2) is 0 Å². The maximum absolute atomic E-state index is 11.4. The summed E-state index contributed by atoms with van der Waals surface area (Å²) in [5.41, 5.74) is 12.7. The van der Waals surface area contributed by atoms with E-state index in [9.17, 15) is 4.79 Å². The van der Waals surface area contributed by atoms with Crippen molar-refractivity contribution in [2.75, 3.05) is 28.8 Å². The molecule has 0 saturated heterocycles. The number of nitrogens with one attached hydrogen (secondary N) is 1. The lowest BCUT2D eigenvalue weighted by molar-refractivity contribution is -0.113. The number of nitrogens with two attached hydrogens (primary N) is 2. The molecule has 32 heavy (non-hydrogen) atoms. The molecule has 1 aliphatic heterocycles. The summed E-state index contributed by atoms with van der Waals surface area (Å²) in [6.07, 6.45) is 0. The molecule has 0 bridgehead atoms. The lowest BCUT2D eigenvalue weighted by atomic mass is 10.1. The van der Waals surface area contributed by atoms with E-state index in [2.05, 4.69) is 31.2 Å². The Labute approximate surface area is 201 Å². The van der Waals surface area contributed by atoms with Gasteiger partial charge in [-0.15, -0.1) is 12.4 Å². The quantitative estimate of drug-likeness (QED) is 0.359. The number of carbonyl (C=O) groups is 1. The summed E-state index contributed by atoms with van der Waals surface area (Å²) >= 11 is 3.11. The van der Waals surface area contributed by atoms with E-state index < -0.39 is 5.66 Å². The van der Waals surface area contributed by atoms with Crippen LogP contribution in [-0.2, 0) is 4.79 Å². The zero-order valence-corrected chi connectivity index (χ0v) is 20.1. The van der Waals surface area contributed by atoms with Crippen molar-refractivity contribution in [1.29, 1.82) is 0 Å². The summed E-state index contributed by atoms with van der Waals surface area (Å²) in [5, 5.41) is 3.00. The first-order valence-corrected chi connectivity index (χ1v) is 10.7. The first-order valence-electron chi connectivity index (χ1n) is 9.60. The SMILES string of the molecule is CC1(C)N=C(N)N=C(N)N1c1ccc(OCCOc2ccc(NC(=O)CBr)cc2)cc1.Cl. The van der Waals surface area contributed by atoms with Gasteiger partial charge in [-0.05, 0) is 62.4 Å². The minimum Gasteiger partial charge on any atom is -0.490 e. The standard InChI is InChI=1S/C21H25BrN6O3.ClH/c1-21(2)27-19(23)26-20(24)28(21)15-5-9-17(10-6-15)31-12-11-30-16-7-3-14(4-8-16)25-18(29)13-22;/h3-10H,11-13H2,1-2H3,(H,25,29)(H4,23,24,26,27);1H. The van der Waals surface area contributed by atoms with Crippen LogP contribution in [0.25, 0.3) is 0 Å². The Kier molecular flexibility index (Phi) is 8.73. The van der Waals surface area contributed by atoms with Crippen molar-refractivity contribution in [3.05, 3.63) is 48.5 Å². The van der Waals surface area contributed by atoms with Gasteiger partial charge in [0.1, 0.15) is 30.4 Å². The highest BCUT2D eigenvalue weighted by atomic mass is 79.9. The minimum atomic E-state index is -0.640. The van der Waals surface area contributed by atoms with E-state index in [1.54, 1.807) is 29.2 Å². The Morgan fingerprint density at radius 3 is 2.06 bits per heavy atom. The van der Waals surface area contributed by atoms with Crippen LogP contribution in [0.3, 0.4) is 0 Å². The maximum atomic E-state index is 11.4. The van der Waals surface area contributed by atoms with E-state index in [1.807, 2.05) is 38.1 Å². The van der Waals surface area contributed by atoms with Crippen LogP contribution in [0, 0.1) is 0 Å². The Morgan fingerprint density at radius 1 is 1.03 bits per heavy atom. The highest BCUT2D eigenvalue weighted by Crippen LogP contribution is 2.28. The van der Waals surface area contributed by atoms with Gasteiger partial charge in [0.25, 0.3) is 0 Å². The highest BCUT2D eigenvalue weighted by Gasteiger charge is 2.32. The van der Waals surface area contributed by atoms with Gasteiger partial charge in [-0.1, -0.05) is 15.9 Å². The third-order valence-electron chi connectivity index (χ3n) is 4.37. The third kappa shape index (κ3) is 6.51. The molecule has 9 nitrogen and oxygen atoms in total. The molecule has 2 aromatic carbocycles. The van der Waals surface area contributed by atoms with Gasteiger partial charge in [-0.25, -0.2) is 4.99 Å². The van der Waals surface area contributed by atoms with Crippen molar-refractivity contribution >= 4 is 57.5 Å². The van der Waals surface area contributed by atoms with Gasteiger partial charge in [0.05, 0.1) is 5.33 Å². The normalized spacial score (nSPS) is 14.5. The fourth-order valence-corrected chi connectivity index (χ4v) is 3.23. The summed E-state index contributed by atoms with van der Waals surface area (Å²) in [7, 11) is 0. The van der Waals surface area contributed by atoms with Gasteiger partial charge in [-0.2, -0.15) is 4.99 Å². The highest BCUT2D eigenvalue weighted by molar-refractivity contribution is 9.09. The molecule has 0 unspecified atom stereocenters. The van der Waals surface area contributed by atoms with Gasteiger partial charge in [0, 0.05) is 11.4 Å². The van der Waals surface area contributed by atoms with Gasteiger partial charge in [-0.3, -0.25) is 9.69 Å². The summed E-state index contributed by atoms with van der Waals surface area (Å²) in [6.45, 7) is 4.57. The van der Waals surface area contributed by atoms with E-state index in [0.29, 0.717) is 30.4 Å². The predicted molar refractivity (Wildman–Crippen MR) is 133 cm³/mol. The summed E-state index contributed by atoms with van der Waals surface area (Å²) in [6, 6.07) is 14.6. The average Bonchev–Trinajstić information content (AvgIpc) is 2.72. The van der Waals surface area contributed by atoms with Gasteiger partial charge in [0.2, 0.25) is 17.8 Å². The van der Waals surface area contributed by atoms with Crippen molar-refractivity contribution in [3.63, 3.8) is 0 Å². The van der Waals surface area contributed by atoms with E-state index in [4.69, 9.17) is 20.9 Å². The molecule has 1 amide bonds. The molecular formula is C21H26BrClN6O3. The number of carbonyl (C=O) groups excluding carboxylic acids is 1. The molecule has 0 radical (unpaired) electrons. The molecule has 1 aliphatic rings. The first kappa shape index (κ1) is 25.3. The molecule has 5 N–H and O–H groups in total. The number of guanidine groups is 2. The monoisotopic (exact) mass is 524 g/mol. The van der Waals surface area contributed by atoms with Crippen LogP contribution in [0.1, 0.15) is 13.8 Å². The topological polar surface area (TPSA) is 128 Å². The second kappa shape index (κ2) is 11.1. The van der Waals surface area contributed by atoms with Crippen LogP contribution in [-0.4, -0.2) is 42.0 Å². The fraction of sp³-hybridized carbons (Fsp3) is 0.286. The van der Waals surface area contributed by atoms with E-state index in [1.165, 1.54) is 0 Å². The van der Waals surface area contributed by atoms with E-state index >= 15 is 0 Å². The molecule has 0 aliphatic carbocycles. The zero-order chi connectivity index (χ0) is 22.4. The first-order chi connectivity index (χ1) is 14.8. The molecule has 2 aromatic rings. The number of benzene rings is 2. The van der Waals surface area contributed by atoms with Crippen LogP contribution in [0.4, 0.5) is 11.4 Å². The molecule has 0 saturated carbocycles. The molecule has 0 atom stereocenters. The van der Waals surface area contributed by atoms with E-state index in [0.717, 1.165) is 5.69 Å².